The van der Waals surface area contributed by atoms with Crippen molar-refractivity contribution in [2.75, 3.05) is 18.0 Å². The Morgan fingerprint density at radius 3 is 2.63 bits per heavy atom. The lowest BCUT2D eigenvalue weighted by Crippen LogP contribution is -2.34. The van der Waals surface area contributed by atoms with Gasteiger partial charge in [0.1, 0.15) is 0 Å². The van der Waals surface area contributed by atoms with Crippen molar-refractivity contribution in [2.45, 2.75) is 57.9 Å². The third-order valence-corrected chi connectivity index (χ3v) is 5.59. The molecule has 2 aliphatic rings. The third kappa shape index (κ3) is 2.79. The smallest absolute Gasteiger partial charge is 0.185 e. The average Bonchev–Trinajstić information content (AvgIpc) is 3.06. The van der Waals surface area contributed by atoms with E-state index in [2.05, 4.69) is 25.7 Å². The predicted octanol–water partition coefficient (Wildman–Crippen LogP) is 3.45. The highest BCUT2D eigenvalue weighted by atomic mass is 32.1. The monoisotopic (exact) mass is 279 g/mol. The summed E-state index contributed by atoms with van der Waals surface area (Å²) in [4.78, 5) is 8.74. The van der Waals surface area contributed by atoms with Crippen LogP contribution in [0.5, 0.6) is 0 Å². The van der Waals surface area contributed by atoms with Crippen LogP contribution < -0.4 is 10.6 Å². The lowest BCUT2D eigenvalue weighted by molar-refractivity contribution is 0.446. The average molecular weight is 279 g/mol. The lowest BCUT2D eigenvalue weighted by atomic mass is 10.0. The normalized spacial score (nSPS) is 24.8. The Hall–Kier alpha value is -0.610. The number of nitrogens with two attached hydrogens (primary N) is 1. The van der Waals surface area contributed by atoms with Crippen LogP contribution in [0.4, 0.5) is 5.13 Å². The molecule has 19 heavy (non-hydrogen) atoms. The molecule has 1 aromatic heterocycles. The predicted molar refractivity (Wildman–Crippen MR) is 81.9 cm³/mol. The van der Waals surface area contributed by atoms with E-state index < -0.39 is 0 Å². The van der Waals surface area contributed by atoms with E-state index in [4.69, 9.17) is 10.7 Å². The molecular weight excluding hydrogens is 254 g/mol. The Morgan fingerprint density at radius 2 is 2.05 bits per heavy atom. The zero-order valence-electron chi connectivity index (χ0n) is 12.3. The summed E-state index contributed by atoms with van der Waals surface area (Å²) in [5.41, 5.74) is 7.39. The molecule has 2 N–H and O–H groups in total. The van der Waals surface area contributed by atoms with Gasteiger partial charge in [-0.1, -0.05) is 18.3 Å². The minimum atomic E-state index is -0.255. The summed E-state index contributed by atoms with van der Waals surface area (Å²) in [5.74, 6) is 1.47. The van der Waals surface area contributed by atoms with E-state index in [-0.39, 0.29) is 5.54 Å². The van der Waals surface area contributed by atoms with Gasteiger partial charge in [0, 0.05) is 29.4 Å². The van der Waals surface area contributed by atoms with Gasteiger partial charge in [0.2, 0.25) is 0 Å². The molecule has 0 spiro atoms. The molecule has 1 aliphatic heterocycles. The summed E-state index contributed by atoms with van der Waals surface area (Å²) in [6.45, 7) is 8.87. The summed E-state index contributed by atoms with van der Waals surface area (Å²) in [5, 5.41) is 1.21. The molecule has 3 nitrogen and oxygen atoms in total. The van der Waals surface area contributed by atoms with Crippen LogP contribution in [0, 0.1) is 5.92 Å². The molecule has 1 atom stereocenters. The first-order chi connectivity index (χ1) is 8.95. The molecule has 1 saturated heterocycles. The SMILES string of the molecule is CC1CCCN(c2nc(C3CC3)c(C(C)(C)N)s2)C1. The highest BCUT2D eigenvalue weighted by molar-refractivity contribution is 7.15. The van der Waals surface area contributed by atoms with Crippen molar-refractivity contribution in [3.05, 3.63) is 10.6 Å². The van der Waals surface area contributed by atoms with Crippen molar-refractivity contribution in [1.82, 2.24) is 4.98 Å². The standard InChI is InChI=1S/C15H25N3S/c1-10-5-4-8-18(9-10)14-17-12(11-6-7-11)13(19-14)15(2,3)16/h10-11H,4-9,16H2,1-3H3. The van der Waals surface area contributed by atoms with Crippen LogP contribution in [0.1, 0.15) is 62.9 Å². The Morgan fingerprint density at radius 1 is 1.32 bits per heavy atom. The van der Waals surface area contributed by atoms with E-state index in [1.165, 1.54) is 41.4 Å². The van der Waals surface area contributed by atoms with Crippen LogP contribution in [-0.2, 0) is 5.54 Å². The number of anilines is 1. The first kappa shape index (κ1) is 13.4. The lowest BCUT2D eigenvalue weighted by Gasteiger charge is -2.30. The van der Waals surface area contributed by atoms with E-state index in [0.29, 0.717) is 5.92 Å². The number of piperidine rings is 1. The molecule has 0 aromatic carbocycles. The van der Waals surface area contributed by atoms with Crippen molar-refractivity contribution in [2.24, 2.45) is 11.7 Å². The summed E-state index contributed by atoms with van der Waals surface area (Å²) >= 11 is 1.83. The second kappa shape index (κ2) is 4.74. The fraction of sp³-hybridized carbons (Fsp3) is 0.800. The maximum atomic E-state index is 6.35. The van der Waals surface area contributed by atoms with E-state index in [1.54, 1.807) is 0 Å². The molecule has 2 fully saturated rings. The number of rotatable bonds is 3. The van der Waals surface area contributed by atoms with Crippen LogP contribution in [0.25, 0.3) is 0 Å². The second-order valence-corrected chi connectivity index (χ2v) is 7.88. The van der Waals surface area contributed by atoms with Crippen molar-refractivity contribution in [1.29, 1.82) is 0 Å². The summed E-state index contributed by atoms with van der Waals surface area (Å²) in [6.07, 6.45) is 5.23. The second-order valence-electron chi connectivity index (χ2n) is 6.90. The van der Waals surface area contributed by atoms with Crippen LogP contribution in [0.15, 0.2) is 0 Å². The Kier molecular flexibility index (Phi) is 3.34. The van der Waals surface area contributed by atoms with Crippen molar-refractivity contribution >= 4 is 16.5 Å². The largest absolute Gasteiger partial charge is 0.348 e. The zero-order valence-corrected chi connectivity index (χ0v) is 13.1. The summed E-state index contributed by atoms with van der Waals surface area (Å²) < 4.78 is 0. The van der Waals surface area contributed by atoms with Gasteiger partial charge >= 0.3 is 0 Å². The van der Waals surface area contributed by atoms with Gasteiger partial charge in [-0.25, -0.2) is 4.98 Å². The minimum absolute atomic E-state index is 0.255. The number of hydrogen-bond acceptors (Lipinski definition) is 4. The topological polar surface area (TPSA) is 42.2 Å². The van der Waals surface area contributed by atoms with E-state index in [1.807, 2.05) is 11.3 Å². The molecule has 0 amide bonds. The van der Waals surface area contributed by atoms with Crippen LogP contribution in [0.3, 0.4) is 0 Å². The Bertz CT molecular complexity index is 456. The number of hydrogen-bond donors (Lipinski definition) is 1. The van der Waals surface area contributed by atoms with Crippen molar-refractivity contribution in [3.63, 3.8) is 0 Å². The highest BCUT2D eigenvalue weighted by Crippen LogP contribution is 2.46. The molecule has 4 heteroatoms. The third-order valence-electron chi connectivity index (χ3n) is 4.12. The molecular formula is C15H25N3S. The van der Waals surface area contributed by atoms with Crippen LogP contribution in [-0.4, -0.2) is 18.1 Å². The maximum Gasteiger partial charge on any atom is 0.185 e. The summed E-state index contributed by atoms with van der Waals surface area (Å²) in [6, 6.07) is 0. The molecule has 0 radical (unpaired) electrons. The molecule has 1 aromatic rings. The summed E-state index contributed by atoms with van der Waals surface area (Å²) in [7, 11) is 0. The molecule has 3 rings (SSSR count). The van der Waals surface area contributed by atoms with Gasteiger partial charge in [0.05, 0.1) is 5.69 Å². The first-order valence-corrected chi connectivity index (χ1v) is 8.32. The van der Waals surface area contributed by atoms with E-state index >= 15 is 0 Å². The molecule has 1 unspecified atom stereocenters. The Balaban J connectivity index is 1.90. The highest BCUT2D eigenvalue weighted by Gasteiger charge is 2.35. The number of nitrogens with zero attached hydrogens (tertiary/aromatic N) is 2. The van der Waals surface area contributed by atoms with Crippen molar-refractivity contribution in [3.8, 4) is 0 Å². The number of aromatic nitrogens is 1. The van der Waals surface area contributed by atoms with Gasteiger partial charge in [0.15, 0.2) is 5.13 Å². The van der Waals surface area contributed by atoms with Gasteiger partial charge in [-0.05, 0) is 45.4 Å². The molecule has 1 aliphatic carbocycles. The van der Waals surface area contributed by atoms with Gasteiger partial charge < -0.3 is 10.6 Å². The molecule has 106 valence electrons. The molecule has 2 heterocycles. The van der Waals surface area contributed by atoms with E-state index in [0.717, 1.165) is 19.0 Å². The van der Waals surface area contributed by atoms with Gasteiger partial charge in [0.25, 0.3) is 0 Å². The van der Waals surface area contributed by atoms with Gasteiger partial charge in [-0.2, -0.15) is 0 Å². The minimum Gasteiger partial charge on any atom is -0.348 e. The van der Waals surface area contributed by atoms with Gasteiger partial charge in [-0.3, -0.25) is 0 Å². The maximum absolute atomic E-state index is 6.35. The number of thiazole rings is 1. The fourth-order valence-corrected chi connectivity index (χ4v) is 4.12. The first-order valence-electron chi connectivity index (χ1n) is 7.50. The van der Waals surface area contributed by atoms with Gasteiger partial charge in [-0.15, -0.1) is 0 Å². The quantitative estimate of drug-likeness (QED) is 0.921. The van der Waals surface area contributed by atoms with E-state index in [9.17, 15) is 0 Å². The van der Waals surface area contributed by atoms with Crippen LogP contribution in [0.2, 0.25) is 0 Å². The van der Waals surface area contributed by atoms with Crippen LogP contribution >= 0.6 is 11.3 Å². The Labute approximate surface area is 120 Å². The molecule has 0 bridgehead atoms. The zero-order chi connectivity index (χ0) is 13.6. The fourth-order valence-electron chi connectivity index (χ4n) is 2.91. The molecule has 1 saturated carbocycles. The van der Waals surface area contributed by atoms with Crippen molar-refractivity contribution < 1.29 is 0 Å².